The van der Waals surface area contributed by atoms with Crippen molar-refractivity contribution in [2.24, 2.45) is 0 Å². The lowest BCUT2D eigenvalue weighted by atomic mass is 9.78. The lowest BCUT2D eigenvalue weighted by molar-refractivity contribution is 0.00578. The van der Waals surface area contributed by atoms with Gasteiger partial charge in [0.25, 0.3) is 0 Å². The Kier molecular flexibility index (Phi) is 3.21. The highest BCUT2D eigenvalue weighted by Gasteiger charge is 2.51. The van der Waals surface area contributed by atoms with Crippen molar-refractivity contribution in [2.75, 3.05) is 0 Å². The highest BCUT2D eigenvalue weighted by Crippen LogP contribution is 2.40. The van der Waals surface area contributed by atoms with Gasteiger partial charge in [0.2, 0.25) is 0 Å². The van der Waals surface area contributed by atoms with Gasteiger partial charge in [-0.25, -0.2) is 0 Å². The minimum Gasteiger partial charge on any atom is -0.456 e. The summed E-state index contributed by atoms with van der Waals surface area (Å²) in [4.78, 5) is 0. The van der Waals surface area contributed by atoms with Crippen molar-refractivity contribution >= 4 is 56.5 Å². The third-order valence-corrected chi connectivity index (χ3v) is 6.53. The standard InChI is InChI=1S/C24H21BO4/c1-23(2)24(3,4)29-25(28-23)14-9-11-19-17(13-14)21-20(26-19)12-10-16-15-7-5-6-8-18(15)27-22(16)21/h5-13H,1-4H3. The summed E-state index contributed by atoms with van der Waals surface area (Å²) < 4.78 is 24.8. The van der Waals surface area contributed by atoms with Crippen LogP contribution in [0.1, 0.15) is 27.7 Å². The van der Waals surface area contributed by atoms with Crippen LogP contribution in [0.2, 0.25) is 0 Å². The maximum Gasteiger partial charge on any atom is 0.494 e. The number of rotatable bonds is 1. The molecule has 0 atom stereocenters. The highest BCUT2D eigenvalue weighted by molar-refractivity contribution is 6.62. The van der Waals surface area contributed by atoms with Crippen molar-refractivity contribution in [2.45, 2.75) is 38.9 Å². The van der Waals surface area contributed by atoms with Crippen LogP contribution in [-0.2, 0) is 9.31 Å². The van der Waals surface area contributed by atoms with Gasteiger partial charge in [-0.2, -0.15) is 0 Å². The van der Waals surface area contributed by atoms with Crippen molar-refractivity contribution in [3.8, 4) is 0 Å². The molecule has 29 heavy (non-hydrogen) atoms. The third-order valence-electron chi connectivity index (χ3n) is 6.53. The molecule has 5 aromatic rings. The summed E-state index contributed by atoms with van der Waals surface area (Å²) in [7, 11) is -0.413. The first kappa shape index (κ1) is 17.1. The molecule has 0 amide bonds. The van der Waals surface area contributed by atoms with Gasteiger partial charge in [-0.05, 0) is 57.4 Å². The van der Waals surface area contributed by atoms with Crippen LogP contribution in [-0.4, -0.2) is 18.3 Å². The first-order valence-electron chi connectivity index (χ1n) is 9.96. The molecule has 3 aromatic carbocycles. The molecular weight excluding hydrogens is 363 g/mol. The van der Waals surface area contributed by atoms with Crippen LogP contribution >= 0.6 is 0 Å². The predicted octanol–water partition coefficient (Wildman–Crippen LogP) is 5.78. The minimum atomic E-state index is -0.413. The topological polar surface area (TPSA) is 44.7 Å². The fourth-order valence-electron chi connectivity index (χ4n) is 4.19. The van der Waals surface area contributed by atoms with Gasteiger partial charge in [-0.1, -0.05) is 30.3 Å². The van der Waals surface area contributed by atoms with Crippen LogP contribution in [0.3, 0.4) is 0 Å². The van der Waals surface area contributed by atoms with E-state index in [-0.39, 0.29) is 11.2 Å². The van der Waals surface area contributed by atoms with E-state index in [2.05, 4.69) is 45.9 Å². The summed E-state index contributed by atoms with van der Waals surface area (Å²) in [6.07, 6.45) is 0. The fourth-order valence-corrected chi connectivity index (χ4v) is 4.19. The van der Waals surface area contributed by atoms with E-state index in [0.717, 1.165) is 49.3 Å². The molecule has 0 saturated carbocycles. The lowest BCUT2D eigenvalue weighted by Gasteiger charge is -2.32. The maximum atomic E-state index is 6.25. The summed E-state index contributed by atoms with van der Waals surface area (Å²) >= 11 is 0. The van der Waals surface area contributed by atoms with Gasteiger partial charge < -0.3 is 18.1 Å². The van der Waals surface area contributed by atoms with Crippen LogP contribution in [0, 0.1) is 0 Å². The molecule has 0 spiro atoms. The first-order valence-corrected chi connectivity index (χ1v) is 9.96. The molecule has 1 aliphatic rings. The molecule has 6 rings (SSSR count). The van der Waals surface area contributed by atoms with Gasteiger partial charge >= 0.3 is 7.12 Å². The summed E-state index contributed by atoms with van der Waals surface area (Å²) in [5, 5.41) is 4.21. The quantitative estimate of drug-likeness (QED) is 0.344. The number of furan rings is 2. The second-order valence-electron chi connectivity index (χ2n) is 8.86. The molecule has 5 heteroatoms. The average Bonchev–Trinajstić information content (AvgIpc) is 3.30. The van der Waals surface area contributed by atoms with Crippen molar-refractivity contribution in [1.29, 1.82) is 0 Å². The molecule has 144 valence electrons. The molecule has 0 bridgehead atoms. The number of benzene rings is 3. The zero-order valence-electron chi connectivity index (χ0n) is 16.9. The van der Waals surface area contributed by atoms with Crippen molar-refractivity contribution in [3.05, 3.63) is 54.6 Å². The SMILES string of the molecule is CC1(C)OB(c2ccc3oc4ccc5c6ccccc6oc5c4c3c2)OC1(C)C. The van der Waals surface area contributed by atoms with Crippen LogP contribution in [0.4, 0.5) is 0 Å². The predicted molar refractivity (Wildman–Crippen MR) is 117 cm³/mol. The lowest BCUT2D eigenvalue weighted by Crippen LogP contribution is -2.41. The minimum absolute atomic E-state index is 0.378. The average molecular weight is 384 g/mol. The summed E-state index contributed by atoms with van der Waals surface area (Å²) in [5.74, 6) is 0. The highest BCUT2D eigenvalue weighted by atomic mass is 16.7. The van der Waals surface area contributed by atoms with Crippen molar-refractivity contribution in [1.82, 2.24) is 0 Å². The third kappa shape index (κ3) is 2.29. The molecule has 3 heterocycles. The van der Waals surface area contributed by atoms with E-state index in [4.69, 9.17) is 18.1 Å². The van der Waals surface area contributed by atoms with E-state index in [0.29, 0.717) is 0 Å². The van der Waals surface area contributed by atoms with E-state index in [1.165, 1.54) is 0 Å². The smallest absolute Gasteiger partial charge is 0.456 e. The largest absolute Gasteiger partial charge is 0.494 e. The van der Waals surface area contributed by atoms with Crippen molar-refractivity contribution < 1.29 is 18.1 Å². The molecule has 0 N–H and O–H groups in total. The number of hydrogen-bond acceptors (Lipinski definition) is 4. The van der Waals surface area contributed by atoms with E-state index in [1.807, 2.05) is 36.4 Å². The van der Waals surface area contributed by atoms with Gasteiger partial charge in [0.15, 0.2) is 0 Å². The molecular formula is C24H21BO4. The van der Waals surface area contributed by atoms with E-state index < -0.39 is 7.12 Å². The summed E-state index contributed by atoms with van der Waals surface area (Å²) in [6, 6.07) is 18.3. The number of hydrogen-bond donors (Lipinski definition) is 0. The Morgan fingerprint density at radius 2 is 1.34 bits per heavy atom. The summed E-state index contributed by atoms with van der Waals surface area (Å²) in [6.45, 7) is 8.26. The van der Waals surface area contributed by atoms with E-state index in [9.17, 15) is 0 Å². The van der Waals surface area contributed by atoms with Crippen LogP contribution in [0.15, 0.2) is 63.4 Å². The number of para-hydroxylation sites is 1. The molecule has 4 nitrogen and oxygen atoms in total. The van der Waals surface area contributed by atoms with Gasteiger partial charge in [0.1, 0.15) is 22.3 Å². The molecule has 2 aromatic heterocycles. The van der Waals surface area contributed by atoms with Crippen molar-refractivity contribution in [3.63, 3.8) is 0 Å². The Morgan fingerprint density at radius 3 is 2.14 bits per heavy atom. The molecule has 1 aliphatic heterocycles. The Hall–Kier alpha value is -2.76. The van der Waals surface area contributed by atoms with E-state index >= 15 is 0 Å². The van der Waals surface area contributed by atoms with Crippen LogP contribution < -0.4 is 5.46 Å². The Balaban J connectivity index is 1.60. The second-order valence-corrected chi connectivity index (χ2v) is 8.86. The Bertz CT molecular complexity index is 1410. The van der Waals surface area contributed by atoms with E-state index in [1.54, 1.807) is 0 Å². The molecule has 0 radical (unpaired) electrons. The van der Waals surface area contributed by atoms with Gasteiger partial charge in [-0.3, -0.25) is 0 Å². The zero-order chi connectivity index (χ0) is 20.0. The zero-order valence-corrected chi connectivity index (χ0v) is 16.9. The van der Waals surface area contributed by atoms with Crippen LogP contribution in [0.25, 0.3) is 43.9 Å². The fraction of sp³-hybridized carbons (Fsp3) is 0.250. The second kappa shape index (κ2) is 5.44. The van der Waals surface area contributed by atoms with Gasteiger partial charge in [-0.15, -0.1) is 0 Å². The molecule has 0 aliphatic carbocycles. The van der Waals surface area contributed by atoms with Gasteiger partial charge in [0.05, 0.1) is 16.6 Å². The normalized spacial score (nSPS) is 18.6. The Morgan fingerprint density at radius 1 is 0.655 bits per heavy atom. The maximum absolute atomic E-state index is 6.25. The monoisotopic (exact) mass is 384 g/mol. The molecule has 1 saturated heterocycles. The Labute approximate surface area is 168 Å². The molecule has 0 unspecified atom stereocenters. The number of fused-ring (bicyclic) bond motifs is 7. The first-order chi connectivity index (χ1) is 13.8. The van der Waals surface area contributed by atoms with Gasteiger partial charge in [0, 0.05) is 16.2 Å². The summed E-state index contributed by atoms with van der Waals surface area (Å²) in [5.41, 5.74) is 3.60. The van der Waals surface area contributed by atoms with Crippen LogP contribution in [0.5, 0.6) is 0 Å². The molecule has 1 fully saturated rings.